The maximum atomic E-state index is 11.2. The fraction of sp³-hybridized carbons (Fsp3) is 0.750. The molecule has 2 unspecified atom stereocenters. The van der Waals surface area contributed by atoms with Crippen LogP contribution in [0.15, 0.2) is 4.99 Å². The molecule has 1 rings (SSSR count). The van der Waals surface area contributed by atoms with Crippen molar-refractivity contribution in [2.24, 2.45) is 10.9 Å². The quantitative estimate of drug-likeness (QED) is 0.371. The van der Waals surface area contributed by atoms with E-state index in [9.17, 15) is 4.79 Å². The first-order valence-electron chi connectivity index (χ1n) is 3.94. The van der Waals surface area contributed by atoms with Crippen LogP contribution in [0.3, 0.4) is 0 Å². The van der Waals surface area contributed by atoms with Crippen molar-refractivity contribution in [3.63, 3.8) is 0 Å². The predicted octanol–water partition coefficient (Wildman–Crippen LogP) is 1.43. The predicted molar refractivity (Wildman–Crippen MR) is 48.2 cm³/mol. The number of esters is 1. The minimum absolute atomic E-state index is 0.00921. The van der Waals surface area contributed by atoms with Crippen LogP contribution in [-0.4, -0.2) is 24.3 Å². The summed E-state index contributed by atoms with van der Waals surface area (Å²) in [5, 5.41) is 2.32. The average molecular weight is 185 g/mol. The largest absolute Gasteiger partial charge is 0.469 e. The van der Waals surface area contributed by atoms with Crippen molar-refractivity contribution in [1.82, 2.24) is 0 Å². The fourth-order valence-corrected chi connectivity index (χ4v) is 1.72. The topological polar surface area (TPSA) is 38.7 Å². The lowest BCUT2D eigenvalue weighted by molar-refractivity contribution is -0.145. The number of methoxy groups -OCH3 is 1. The van der Waals surface area contributed by atoms with Gasteiger partial charge >= 0.3 is 5.97 Å². The number of isothiocyanates is 1. The number of thiocarbonyl (C=S) groups is 1. The van der Waals surface area contributed by atoms with E-state index in [0.717, 1.165) is 19.3 Å². The van der Waals surface area contributed by atoms with Gasteiger partial charge in [0.25, 0.3) is 0 Å². The van der Waals surface area contributed by atoms with Gasteiger partial charge in [0.2, 0.25) is 0 Å². The summed E-state index contributed by atoms with van der Waals surface area (Å²) in [5.41, 5.74) is 0. The van der Waals surface area contributed by atoms with Crippen LogP contribution in [0, 0.1) is 5.92 Å². The third-order valence-electron chi connectivity index (χ3n) is 2.20. The molecule has 1 aliphatic rings. The van der Waals surface area contributed by atoms with Crippen LogP contribution in [0.4, 0.5) is 0 Å². The van der Waals surface area contributed by atoms with Gasteiger partial charge < -0.3 is 4.74 Å². The zero-order chi connectivity index (χ0) is 8.97. The molecule has 0 aliphatic heterocycles. The Balaban J connectivity index is 2.63. The molecule has 0 aromatic carbocycles. The molecule has 3 nitrogen and oxygen atoms in total. The molecule has 2 atom stereocenters. The van der Waals surface area contributed by atoms with Crippen LogP contribution in [-0.2, 0) is 9.53 Å². The van der Waals surface area contributed by atoms with Crippen LogP contribution in [0.2, 0.25) is 0 Å². The van der Waals surface area contributed by atoms with Gasteiger partial charge in [-0.1, -0.05) is 6.42 Å². The van der Waals surface area contributed by atoms with Crippen LogP contribution in [0.1, 0.15) is 19.3 Å². The number of aliphatic imine (C=N–C) groups is 1. The van der Waals surface area contributed by atoms with Crippen LogP contribution >= 0.6 is 12.2 Å². The highest BCUT2D eigenvalue weighted by molar-refractivity contribution is 7.78. The van der Waals surface area contributed by atoms with E-state index in [4.69, 9.17) is 0 Å². The Morgan fingerprint density at radius 3 is 3.00 bits per heavy atom. The van der Waals surface area contributed by atoms with Gasteiger partial charge in [0, 0.05) is 0 Å². The monoisotopic (exact) mass is 185 g/mol. The minimum Gasteiger partial charge on any atom is -0.469 e. The summed E-state index contributed by atoms with van der Waals surface area (Å²) >= 11 is 4.50. The van der Waals surface area contributed by atoms with Crippen molar-refractivity contribution in [3.8, 4) is 0 Å². The highest BCUT2D eigenvalue weighted by Crippen LogP contribution is 2.28. The molecule has 1 fully saturated rings. The van der Waals surface area contributed by atoms with Crippen molar-refractivity contribution < 1.29 is 9.53 Å². The van der Waals surface area contributed by atoms with Crippen molar-refractivity contribution in [1.29, 1.82) is 0 Å². The molecule has 12 heavy (non-hydrogen) atoms. The van der Waals surface area contributed by atoms with E-state index in [1.807, 2.05) is 0 Å². The Bertz CT molecular complexity index is 223. The number of rotatable bonds is 2. The number of carbonyl (C=O) groups excluding carboxylic acids is 1. The number of carbonyl (C=O) groups is 1. The molecule has 0 bridgehead atoms. The highest BCUT2D eigenvalue weighted by Gasteiger charge is 2.33. The van der Waals surface area contributed by atoms with E-state index < -0.39 is 0 Å². The van der Waals surface area contributed by atoms with E-state index in [1.165, 1.54) is 7.11 Å². The lowest BCUT2D eigenvalue weighted by atomic mass is 10.1. The molecule has 0 heterocycles. The maximum absolute atomic E-state index is 11.2. The van der Waals surface area contributed by atoms with Gasteiger partial charge in [-0.15, -0.1) is 0 Å². The highest BCUT2D eigenvalue weighted by atomic mass is 32.1. The van der Waals surface area contributed by atoms with Gasteiger partial charge in [0.05, 0.1) is 24.2 Å². The van der Waals surface area contributed by atoms with Gasteiger partial charge in [-0.25, -0.2) is 4.99 Å². The minimum atomic E-state index is -0.175. The smallest absolute Gasteiger partial charge is 0.310 e. The first kappa shape index (κ1) is 9.36. The summed E-state index contributed by atoms with van der Waals surface area (Å²) in [5.74, 6) is -0.267. The first-order chi connectivity index (χ1) is 5.79. The molecule has 0 N–H and O–H groups in total. The second-order valence-electron chi connectivity index (χ2n) is 2.85. The number of ether oxygens (including phenoxy) is 1. The number of nitrogens with zero attached hydrogens (tertiary/aromatic N) is 1. The Kier molecular flexibility index (Phi) is 3.38. The molecule has 66 valence electrons. The summed E-state index contributed by atoms with van der Waals surface area (Å²) < 4.78 is 4.65. The molecule has 0 radical (unpaired) electrons. The van der Waals surface area contributed by atoms with Gasteiger partial charge in [-0.3, -0.25) is 4.79 Å². The summed E-state index contributed by atoms with van der Waals surface area (Å²) in [4.78, 5) is 15.1. The van der Waals surface area contributed by atoms with E-state index in [-0.39, 0.29) is 17.9 Å². The molecule has 0 amide bonds. The van der Waals surface area contributed by atoms with E-state index in [1.54, 1.807) is 0 Å². The molecule has 1 aliphatic carbocycles. The van der Waals surface area contributed by atoms with Gasteiger partial charge in [0.1, 0.15) is 0 Å². The maximum Gasteiger partial charge on any atom is 0.310 e. The van der Waals surface area contributed by atoms with Gasteiger partial charge in [-0.05, 0) is 25.1 Å². The second kappa shape index (κ2) is 4.33. The summed E-state index contributed by atoms with van der Waals surface area (Å²) in [6.45, 7) is 0. The molecule has 0 spiro atoms. The molecule has 0 aromatic heterocycles. The molecule has 0 aromatic rings. The lowest BCUT2D eigenvalue weighted by Crippen LogP contribution is -2.22. The zero-order valence-corrected chi connectivity index (χ0v) is 7.76. The molecule has 4 heteroatoms. The van der Waals surface area contributed by atoms with Crippen molar-refractivity contribution in [2.75, 3.05) is 7.11 Å². The number of hydrogen-bond acceptors (Lipinski definition) is 4. The molecule has 1 saturated carbocycles. The number of hydrogen-bond donors (Lipinski definition) is 0. The van der Waals surface area contributed by atoms with Crippen molar-refractivity contribution >= 4 is 23.3 Å². The van der Waals surface area contributed by atoms with Crippen molar-refractivity contribution in [2.45, 2.75) is 25.3 Å². The molecular weight excluding hydrogens is 174 g/mol. The van der Waals surface area contributed by atoms with E-state index >= 15 is 0 Å². The van der Waals surface area contributed by atoms with Gasteiger partial charge in [0.15, 0.2) is 0 Å². The van der Waals surface area contributed by atoms with E-state index in [0.29, 0.717) is 0 Å². The van der Waals surface area contributed by atoms with E-state index in [2.05, 4.69) is 27.1 Å². The third-order valence-corrected chi connectivity index (χ3v) is 2.31. The summed E-state index contributed by atoms with van der Waals surface area (Å²) in [6, 6.07) is 0.00921. The van der Waals surface area contributed by atoms with Crippen LogP contribution in [0.5, 0.6) is 0 Å². The zero-order valence-electron chi connectivity index (χ0n) is 6.95. The average Bonchev–Trinajstić information content (AvgIpc) is 2.52. The van der Waals surface area contributed by atoms with Crippen LogP contribution in [0.25, 0.3) is 0 Å². The second-order valence-corrected chi connectivity index (χ2v) is 3.03. The van der Waals surface area contributed by atoms with Crippen molar-refractivity contribution in [3.05, 3.63) is 0 Å². The Morgan fingerprint density at radius 1 is 1.67 bits per heavy atom. The Morgan fingerprint density at radius 2 is 2.42 bits per heavy atom. The normalized spacial score (nSPS) is 27.8. The summed E-state index contributed by atoms with van der Waals surface area (Å²) in [6.07, 6.45) is 2.80. The lowest BCUT2D eigenvalue weighted by Gasteiger charge is -2.10. The Hall–Kier alpha value is -0.730. The fourth-order valence-electron chi connectivity index (χ4n) is 1.59. The molecule has 0 saturated heterocycles. The summed E-state index contributed by atoms with van der Waals surface area (Å²) in [7, 11) is 1.40. The SMILES string of the molecule is COC(=O)C1CCCC1N=C=S. The van der Waals surface area contributed by atoms with Crippen LogP contribution < -0.4 is 0 Å². The standard InChI is InChI=1S/C8H11NO2S/c1-11-8(10)6-3-2-4-7(6)9-5-12/h6-7H,2-4H2,1H3. The Labute approximate surface area is 76.8 Å². The third kappa shape index (κ3) is 1.90. The van der Waals surface area contributed by atoms with Gasteiger partial charge in [-0.2, -0.15) is 0 Å². The molecular formula is C8H11NO2S. The first-order valence-corrected chi connectivity index (χ1v) is 4.35.